The van der Waals surface area contributed by atoms with Crippen LogP contribution in [0.2, 0.25) is 5.02 Å². The maximum absolute atomic E-state index is 12.6. The van der Waals surface area contributed by atoms with Crippen LogP contribution >= 0.6 is 11.6 Å². The number of nitrogens with zero attached hydrogens (tertiary/aromatic N) is 1. The van der Waals surface area contributed by atoms with E-state index in [-0.39, 0.29) is 5.91 Å². The summed E-state index contributed by atoms with van der Waals surface area (Å²) in [7, 11) is 0. The van der Waals surface area contributed by atoms with Crippen molar-refractivity contribution in [2.75, 3.05) is 5.32 Å². The molecule has 4 heteroatoms. The van der Waals surface area contributed by atoms with E-state index in [1.54, 1.807) is 24.4 Å². The van der Waals surface area contributed by atoms with E-state index in [0.717, 1.165) is 27.6 Å². The zero-order chi connectivity index (χ0) is 17.9. The SMILES string of the molecule is O=C(Nc1cccc2cccc(-c3cccc(Cl)c3)c12)c1ccccn1. The molecular formula is C22H15ClN2O. The van der Waals surface area contributed by atoms with Crippen molar-refractivity contribution in [3.63, 3.8) is 0 Å². The molecule has 0 radical (unpaired) electrons. The van der Waals surface area contributed by atoms with Crippen LogP contribution in [0.25, 0.3) is 21.9 Å². The van der Waals surface area contributed by atoms with Gasteiger partial charge in [0.2, 0.25) is 0 Å². The second-order valence-corrected chi connectivity index (χ2v) is 6.33. The molecule has 0 aliphatic heterocycles. The van der Waals surface area contributed by atoms with E-state index in [9.17, 15) is 4.79 Å². The number of fused-ring (bicyclic) bond motifs is 1. The molecule has 3 aromatic carbocycles. The van der Waals surface area contributed by atoms with Gasteiger partial charge in [0.25, 0.3) is 5.91 Å². The van der Waals surface area contributed by atoms with E-state index >= 15 is 0 Å². The van der Waals surface area contributed by atoms with Crippen LogP contribution < -0.4 is 5.32 Å². The Hall–Kier alpha value is -3.17. The first kappa shape index (κ1) is 16.3. The van der Waals surface area contributed by atoms with Gasteiger partial charge in [-0.05, 0) is 46.8 Å². The lowest BCUT2D eigenvalue weighted by Crippen LogP contribution is -2.13. The summed E-state index contributed by atoms with van der Waals surface area (Å²) in [5, 5.41) is 5.68. The van der Waals surface area contributed by atoms with Gasteiger partial charge in [-0.1, -0.05) is 60.1 Å². The molecule has 0 spiro atoms. The molecule has 3 nitrogen and oxygen atoms in total. The number of anilines is 1. The first-order valence-corrected chi connectivity index (χ1v) is 8.60. The van der Waals surface area contributed by atoms with Gasteiger partial charge in [0.05, 0.1) is 0 Å². The van der Waals surface area contributed by atoms with Crippen molar-refractivity contribution in [1.82, 2.24) is 4.98 Å². The van der Waals surface area contributed by atoms with Crippen molar-refractivity contribution in [2.45, 2.75) is 0 Å². The molecule has 0 saturated carbocycles. The van der Waals surface area contributed by atoms with Gasteiger partial charge in [-0.3, -0.25) is 9.78 Å². The molecule has 0 bridgehead atoms. The Bertz CT molecular complexity index is 1090. The number of aromatic nitrogens is 1. The van der Waals surface area contributed by atoms with Crippen molar-refractivity contribution >= 4 is 34.0 Å². The molecule has 26 heavy (non-hydrogen) atoms. The van der Waals surface area contributed by atoms with Gasteiger partial charge in [-0.15, -0.1) is 0 Å². The standard InChI is InChI=1S/C22H15ClN2O/c23-17-9-3-8-16(14-17)18-10-4-6-15-7-5-12-19(21(15)18)25-22(26)20-11-1-2-13-24-20/h1-14H,(H,25,26). The summed E-state index contributed by atoms with van der Waals surface area (Å²) in [6, 6.07) is 24.9. The molecule has 1 aromatic heterocycles. The summed E-state index contributed by atoms with van der Waals surface area (Å²) in [6.45, 7) is 0. The Morgan fingerprint density at radius 3 is 2.46 bits per heavy atom. The van der Waals surface area contributed by atoms with Crippen LogP contribution in [0.3, 0.4) is 0 Å². The highest BCUT2D eigenvalue weighted by molar-refractivity contribution is 6.31. The number of halogens is 1. The highest BCUT2D eigenvalue weighted by Gasteiger charge is 2.12. The Kier molecular flexibility index (Phi) is 4.38. The third kappa shape index (κ3) is 3.17. The molecule has 0 aliphatic rings. The van der Waals surface area contributed by atoms with Crippen LogP contribution in [-0.4, -0.2) is 10.9 Å². The van der Waals surface area contributed by atoms with Crippen LogP contribution in [0, 0.1) is 0 Å². The number of amides is 1. The molecule has 1 N–H and O–H groups in total. The molecular weight excluding hydrogens is 344 g/mol. The second-order valence-electron chi connectivity index (χ2n) is 5.89. The van der Waals surface area contributed by atoms with Crippen molar-refractivity contribution < 1.29 is 4.79 Å². The lowest BCUT2D eigenvalue weighted by Gasteiger charge is -2.13. The lowest BCUT2D eigenvalue weighted by molar-refractivity contribution is 0.102. The van der Waals surface area contributed by atoms with E-state index in [0.29, 0.717) is 10.7 Å². The quantitative estimate of drug-likeness (QED) is 0.502. The number of rotatable bonds is 3. The van der Waals surface area contributed by atoms with Crippen LogP contribution in [0.15, 0.2) is 85.1 Å². The first-order chi connectivity index (χ1) is 12.7. The van der Waals surface area contributed by atoms with Gasteiger partial charge in [0, 0.05) is 22.3 Å². The molecule has 4 aromatic rings. The molecule has 4 rings (SSSR count). The third-order valence-electron chi connectivity index (χ3n) is 4.19. The summed E-state index contributed by atoms with van der Waals surface area (Å²) in [5.74, 6) is -0.237. The number of carbonyl (C=O) groups is 1. The molecule has 1 heterocycles. The van der Waals surface area contributed by atoms with Gasteiger partial charge < -0.3 is 5.32 Å². The van der Waals surface area contributed by atoms with Crippen molar-refractivity contribution in [3.8, 4) is 11.1 Å². The molecule has 0 atom stereocenters. The maximum atomic E-state index is 12.6. The van der Waals surface area contributed by atoms with E-state index in [4.69, 9.17) is 11.6 Å². The second kappa shape index (κ2) is 6.98. The Morgan fingerprint density at radius 1 is 0.885 bits per heavy atom. The summed E-state index contributed by atoms with van der Waals surface area (Å²) < 4.78 is 0. The van der Waals surface area contributed by atoms with Gasteiger partial charge in [0.1, 0.15) is 5.69 Å². The van der Waals surface area contributed by atoms with Crippen LogP contribution in [0.4, 0.5) is 5.69 Å². The fourth-order valence-corrected chi connectivity index (χ4v) is 3.22. The first-order valence-electron chi connectivity index (χ1n) is 8.22. The summed E-state index contributed by atoms with van der Waals surface area (Å²) >= 11 is 6.17. The van der Waals surface area contributed by atoms with E-state index in [2.05, 4.69) is 10.3 Å². The molecule has 0 unspecified atom stereocenters. The predicted octanol–water partition coefficient (Wildman–Crippen LogP) is 5.81. The van der Waals surface area contributed by atoms with E-state index < -0.39 is 0 Å². The fraction of sp³-hybridized carbons (Fsp3) is 0. The van der Waals surface area contributed by atoms with E-state index in [1.165, 1.54) is 0 Å². The van der Waals surface area contributed by atoms with Crippen molar-refractivity contribution in [1.29, 1.82) is 0 Å². The molecule has 1 amide bonds. The summed E-state index contributed by atoms with van der Waals surface area (Å²) in [5.41, 5.74) is 3.14. The summed E-state index contributed by atoms with van der Waals surface area (Å²) in [6.07, 6.45) is 1.61. The minimum Gasteiger partial charge on any atom is -0.320 e. The molecule has 0 aliphatic carbocycles. The minimum atomic E-state index is -0.237. The Morgan fingerprint density at radius 2 is 1.69 bits per heavy atom. The average molecular weight is 359 g/mol. The average Bonchev–Trinajstić information content (AvgIpc) is 2.68. The van der Waals surface area contributed by atoms with Crippen LogP contribution in [0.1, 0.15) is 10.5 Å². The molecule has 0 saturated heterocycles. The third-order valence-corrected chi connectivity index (χ3v) is 4.42. The van der Waals surface area contributed by atoms with Crippen molar-refractivity contribution in [3.05, 3.63) is 95.8 Å². The minimum absolute atomic E-state index is 0.237. The Labute approximate surface area is 156 Å². The topological polar surface area (TPSA) is 42.0 Å². The normalized spacial score (nSPS) is 10.7. The highest BCUT2D eigenvalue weighted by atomic mass is 35.5. The van der Waals surface area contributed by atoms with Gasteiger partial charge in [-0.25, -0.2) is 0 Å². The maximum Gasteiger partial charge on any atom is 0.274 e. The van der Waals surface area contributed by atoms with Crippen LogP contribution in [0.5, 0.6) is 0 Å². The zero-order valence-electron chi connectivity index (χ0n) is 13.8. The van der Waals surface area contributed by atoms with Gasteiger partial charge in [-0.2, -0.15) is 0 Å². The van der Waals surface area contributed by atoms with Gasteiger partial charge in [0.15, 0.2) is 0 Å². The lowest BCUT2D eigenvalue weighted by atomic mass is 9.97. The number of pyridine rings is 1. The predicted molar refractivity (Wildman–Crippen MR) is 107 cm³/mol. The highest BCUT2D eigenvalue weighted by Crippen LogP contribution is 2.35. The number of benzene rings is 3. The fourth-order valence-electron chi connectivity index (χ4n) is 3.03. The number of hydrogen-bond acceptors (Lipinski definition) is 2. The number of nitrogens with one attached hydrogen (secondary N) is 1. The molecule has 126 valence electrons. The van der Waals surface area contributed by atoms with Gasteiger partial charge >= 0.3 is 0 Å². The Balaban J connectivity index is 1.84. The van der Waals surface area contributed by atoms with E-state index in [1.807, 2.05) is 60.7 Å². The zero-order valence-corrected chi connectivity index (χ0v) is 14.6. The smallest absolute Gasteiger partial charge is 0.274 e. The largest absolute Gasteiger partial charge is 0.320 e. The van der Waals surface area contributed by atoms with Crippen LogP contribution in [-0.2, 0) is 0 Å². The number of carbonyl (C=O) groups excluding carboxylic acids is 1. The molecule has 0 fully saturated rings. The monoisotopic (exact) mass is 358 g/mol. The van der Waals surface area contributed by atoms with Crippen molar-refractivity contribution in [2.24, 2.45) is 0 Å². The number of hydrogen-bond donors (Lipinski definition) is 1. The summed E-state index contributed by atoms with van der Waals surface area (Å²) in [4.78, 5) is 16.7.